The van der Waals surface area contributed by atoms with E-state index in [1.54, 1.807) is 0 Å². The van der Waals surface area contributed by atoms with E-state index in [-0.39, 0.29) is 0 Å². The van der Waals surface area contributed by atoms with Crippen molar-refractivity contribution in [3.63, 3.8) is 0 Å². The number of rotatable bonds is 4. The molecule has 0 saturated heterocycles. The summed E-state index contributed by atoms with van der Waals surface area (Å²) in [5, 5.41) is 0. The molecule has 0 bridgehead atoms. The zero-order chi connectivity index (χ0) is 14.1. The summed E-state index contributed by atoms with van der Waals surface area (Å²) in [4.78, 5) is 0. The highest BCUT2D eigenvalue weighted by atomic mass is 79.9. The maximum atomic E-state index is 5.99. The lowest BCUT2D eigenvalue weighted by Gasteiger charge is -2.30. The van der Waals surface area contributed by atoms with Crippen molar-refractivity contribution < 1.29 is 4.74 Å². The van der Waals surface area contributed by atoms with Crippen LogP contribution in [0.3, 0.4) is 0 Å². The molecule has 3 rings (SSSR count). The maximum absolute atomic E-state index is 5.99. The lowest BCUT2D eigenvalue weighted by Crippen LogP contribution is -2.23. The van der Waals surface area contributed by atoms with Crippen molar-refractivity contribution in [3.05, 3.63) is 62.0 Å². The molecule has 1 unspecified atom stereocenters. The Morgan fingerprint density at radius 1 is 1.15 bits per heavy atom. The Morgan fingerprint density at radius 3 is 2.50 bits per heavy atom. The predicted octanol–water partition coefficient (Wildman–Crippen LogP) is 5.67. The van der Waals surface area contributed by atoms with Crippen molar-refractivity contribution in [2.75, 3.05) is 6.61 Å². The average molecular weight is 417 g/mol. The highest BCUT2D eigenvalue weighted by Crippen LogP contribution is 2.39. The highest BCUT2D eigenvalue weighted by molar-refractivity contribution is 9.11. The van der Waals surface area contributed by atoms with Gasteiger partial charge in [0.15, 0.2) is 0 Å². The van der Waals surface area contributed by atoms with Crippen LogP contribution >= 0.6 is 43.5 Å². The Hall–Kier alpha value is -0.510. The van der Waals surface area contributed by atoms with Crippen LogP contribution in [0.25, 0.3) is 0 Å². The number of halogens is 3. The first kappa shape index (κ1) is 14.4. The molecule has 1 aliphatic rings. The van der Waals surface area contributed by atoms with Gasteiger partial charge in [0.25, 0.3) is 0 Å². The van der Waals surface area contributed by atoms with E-state index in [0.29, 0.717) is 18.4 Å². The van der Waals surface area contributed by atoms with Crippen molar-refractivity contribution >= 4 is 43.5 Å². The molecule has 104 valence electrons. The fourth-order valence-corrected chi connectivity index (χ4v) is 4.19. The van der Waals surface area contributed by atoms with Crippen LogP contribution in [-0.4, -0.2) is 6.61 Å². The van der Waals surface area contributed by atoms with Gasteiger partial charge in [-0.25, -0.2) is 0 Å². The number of hydrogen-bond acceptors (Lipinski definition) is 1. The van der Waals surface area contributed by atoms with Gasteiger partial charge in [-0.15, -0.1) is 11.6 Å². The number of alkyl halides is 1. The maximum Gasteiger partial charge on any atom is 0.147 e. The van der Waals surface area contributed by atoms with Crippen molar-refractivity contribution in [1.82, 2.24) is 0 Å². The van der Waals surface area contributed by atoms with Crippen LogP contribution in [0.5, 0.6) is 5.75 Å². The predicted molar refractivity (Wildman–Crippen MR) is 89.8 cm³/mol. The Kier molecular flexibility index (Phi) is 4.39. The molecule has 1 nitrogen and oxygen atoms in total. The number of ether oxygens (including phenoxy) is 1. The Bertz CT molecular complexity index is 619. The minimum Gasteiger partial charge on any atom is -0.491 e. The number of benzene rings is 2. The SMILES string of the molecule is ClCc1cc(Br)c(OCC2Cc3ccccc32)c(Br)c1. The topological polar surface area (TPSA) is 9.23 Å². The normalized spacial score (nSPS) is 16.4. The van der Waals surface area contributed by atoms with E-state index in [9.17, 15) is 0 Å². The van der Waals surface area contributed by atoms with Gasteiger partial charge in [-0.3, -0.25) is 0 Å². The van der Waals surface area contributed by atoms with Gasteiger partial charge >= 0.3 is 0 Å². The quantitative estimate of drug-likeness (QED) is 0.584. The molecule has 1 aliphatic carbocycles. The zero-order valence-corrected chi connectivity index (χ0v) is 14.6. The van der Waals surface area contributed by atoms with Gasteiger partial charge in [0, 0.05) is 11.8 Å². The van der Waals surface area contributed by atoms with Gasteiger partial charge in [-0.1, -0.05) is 24.3 Å². The molecule has 0 N–H and O–H groups in total. The third-order valence-corrected chi connectivity index (χ3v) is 5.09. The molecule has 0 fully saturated rings. The van der Waals surface area contributed by atoms with Crippen molar-refractivity contribution in [3.8, 4) is 5.75 Å². The summed E-state index contributed by atoms with van der Waals surface area (Å²) in [6.07, 6.45) is 1.10. The average Bonchev–Trinajstić information content (AvgIpc) is 2.42. The molecule has 4 heteroatoms. The molecule has 0 heterocycles. The zero-order valence-electron chi connectivity index (χ0n) is 10.7. The Labute approximate surface area is 140 Å². The molecule has 0 radical (unpaired) electrons. The van der Waals surface area contributed by atoms with E-state index in [1.165, 1.54) is 11.1 Å². The summed E-state index contributed by atoms with van der Waals surface area (Å²) in [5.41, 5.74) is 3.92. The summed E-state index contributed by atoms with van der Waals surface area (Å²) < 4.78 is 7.87. The van der Waals surface area contributed by atoms with Crippen LogP contribution in [0, 0.1) is 0 Å². The standard InChI is InChI=1S/C16H13Br2ClO/c17-14-5-10(8-19)6-15(18)16(14)20-9-12-7-11-3-1-2-4-13(11)12/h1-6,12H,7-9H2. The van der Waals surface area contributed by atoms with Crippen molar-refractivity contribution in [1.29, 1.82) is 0 Å². The lowest BCUT2D eigenvalue weighted by molar-refractivity contribution is 0.272. The summed E-state index contributed by atoms with van der Waals surface area (Å²) in [5.74, 6) is 1.84. The van der Waals surface area contributed by atoms with Crippen molar-refractivity contribution in [2.45, 2.75) is 18.2 Å². The van der Waals surface area contributed by atoms with Crippen LogP contribution in [0.15, 0.2) is 45.3 Å². The van der Waals surface area contributed by atoms with Crippen molar-refractivity contribution in [2.24, 2.45) is 0 Å². The van der Waals surface area contributed by atoms with E-state index in [4.69, 9.17) is 16.3 Å². The lowest BCUT2D eigenvalue weighted by atomic mass is 9.78. The number of hydrogen-bond donors (Lipinski definition) is 0. The van der Waals surface area contributed by atoms with E-state index >= 15 is 0 Å². The van der Waals surface area contributed by atoms with Gasteiger partial charge in [-0.05, 0) is 67.1 Å². The molecular weight excluding hydrogens is 403 g/mol. The molecule has 1 atom stereocenters. The fraction of sp³-hybridized carbons (Fsp3) is 0.250. The smallest absolute Gasteiger partial charge is 0.147 e. The van der Waals surface area contributed by atoms with Gasteiger partial charge < -0.3 is 4.74 Å². The molecule has 0 saturated carbocycles. The van der Waals surface area contributed by atoms with Gasteiger partial charge in [-0.2, -0.15) is 0 Å². The van der Waals surface area contributed by atoms with Crippen LogP contribution in [0.1, 0.15) is 22.6 Å². The molecule has 0 spiro atoms. The van der Waals surface area contributed by atoms with Crippen LogP contribution in [-0.2, 0) is 12.3 Å². The van der Waals surface area contributed by atoms with E-state index in [2.05, 4.69) is 56.1 Å². The number of fused-ring (bicyclic) bond motifs is 1. The summed E-state index contributed by atoms with van der Waals surface area (Å²) in [7, 11) is 0. The first-order valence-electron chi connectivity index (χ1n) is 6.43. The monoisotopic (exact) mass is 414 g/mol. The van der Waals surface area contributed by atoms with E-state index < -0.39 is 0 Å². The third-order valence-electron chi connectivity index (χ3n) is 3.60. The van der Waals surface area contributed by atoms with Gasteiger partial charge in [0.1, 0.15) is 5.75 Å². The minimum absolute atomic E-state index is 0.494. The van der Waals surface area contributed by atoms with Crippen LogP contribution in [0.2, 0.25) is 0 Å². The fourth-order valence-electron chi connectivity index (χ4n) is 2.52. The van der Waals surface area contributed by atoms with Crippen LogP contribution in [0.4, 0.5) is 0 Å². The van der Waals surface area contributed by atoms with E-state index in [0.717, 1.165) is 26.7 Å². The Morgan fingerprint density at radius 2 is 1.85 bits per heavy atom. The first-order valence-corrected chi connectivity index (χ1v) is 8.55. The third kappa shape index (κ3) is 2.76. The Balaban J connectivity index is 1.71. The second-order valence-corrected chi connectivity index (χ2v) is 6.91. The minimum atomic E-state index is 0.494. The largest absolute Gasteiger partial charge is 0.491 e. The second-order valence-electron chi connectivity index (χ2n) is 4.93. The molecular formula is C16H13Br2ClO. The first-order chi connectivity index (χ1) is 9.69. The van der Waals surface area contributed by atoms with E-state index in [1.807, 2.05) is 12.1 Å². The summed E-state index contributed by atoms with van der Waals surface area (Å²) in [6, 6.07) is 12.6. The second kappa shape index (κ2) is 6.08. The molecule has 20 heavy (non-hydrogen) atoms. The molecule has 0 aliphatic heterocycles. The summed E-state index contributed by atoms with van der Waals surface area (Å²) >= 11 is 12.9. The molecule has 2 aromatic rings. The molecule has 0 amide bonds. The van der Waals surface area contributed by atoms with Gasteiger partial charge in [0.05, 0.1) is 15.6 Å². The highest BCUT2D eigenvalue weighted by Gasteiger charge is 2.26. The molecule has 2 aromatic carbocycles. The molecule has 0 aromatic heterocycles. The van der Waals surface area contributed by atoms with Gasteiger partial charge in [0.2, 0.25) is 0 Å². The van der Waals surface area contributed by atoms with Crippen LogP contribution < -0.4 is 4.74 Å². The summed E-state index contributed by atoms with van der Waals surface area (Å²) in [6.45, 7) is 0.703.